The van der Waals surface area contributed by atoms with Gasteiger partial charge in [0.15, 0.2) is 0 Å². The van der Waals surface area contributed by atoms with Gasteiger partial charge in [0.05, 0.1) is 10.7 Å². The molecule has 0 aliphatic rings. The first kappa shape index (κ1) is 15.8. The zero-order chi connectivity index (χ0) is 15.6. The lowest BCUT2D eigenvalue weighted by Crippen LogP contribution is -2.16. The molecule has 0 atom stereocenters. The lowest BCUT2D eigenvalue weighted by molar-refractivity contribution is 0.601. The van der Waals surface area contributed by atoms with Gasteiger partial charge in [0.2, 0.25) is 0 Å². The van der Waals surface area contributed by atoms with E-state index in [1.165, 1.54) is 12.1 Å². The van der Waals surface area contributed by atoms with E-state index in [0.717, 1.165) is 5.56 Å². The second-order valence-corrected chi connectivity index (χ2v) is 6.93. The zero-order valence-electron chi connectivity index (χ0n) is 11.1. The van der Waals surface area contributed by atoms with Crippen molar-refractivity contribution < 1.29 is 8.42 Å². The maximum atomic E-state index is 12.4. The molecule has 0 bridgehead atoms. The second-order valence-electron chi connectivity index (χ2n) is 4.43. The van der Waals surface area contributed by atoms with Gasteiger partial charge < -0.3 is 5.73 Å². The SMILES string of the molecule is Cc1ccc(C(N)=S)cc1NS(=O)(=O)c1ccccc1Cl. The summed E-state index contributed by atoms with van der Waals surface area (Å²) in [6.45, 7) is 1.79. The highest BCUT2D eigenvalue weighted by molar-refractivity contribution is 7.92. The summed E-state index contributed by atoms with van der Waals surface area (Å²) >= 11 is 10.8. The number of rotatable bonds is 4. The third-order valence-electron chi connectivity index (χ3n) is 2.89. The van der Waals surface area contributed by atoms with Crippen LogP contribution >= 0.6 is 23.8 Å². The maximum Gasteiger partial charge on any atom is 0.263 e. The normalized spacial score (nSPS) is 11.1. The number of hydrogen-bond acceptors (Lipinski definition) is 3. The van der Waals surface area contributed by atoms with Crippen LogP contribution in [0.5, 0.6) is 0 Å². The lowest BCUT2D eigenvalue weighted by atomic mass is 10.1. The number of nitrogens with one attached hydrogen (secondary N) is 1. The van der Waals surface area contributed by atoms with Crippen LogP contribution in [-0.2, 0) is 10.0 Å². The van der Waals surface area contributed by atoms with Gasteiger partial charge >= 0.3 is 0 Å². The van der Waals surface area contributed by atoms with Gasteiger partial charge in [-0.15, -0.1) is 0 Å². The van der Waals surface area contributed by atoms with E-state index in [4.69, 9.17) is 29.6 Å². The molecule has 2 aromatic rings. The standard InChI is InChI=1S/C14H13ClN2O2S2/c1-9-6-7-10(14(16)20)8-12(9)17-21(18,19)13-5-3-2-4-11(13)15/h2-8,17H,1H3,(H2,16,20). The summed E-state index contributed by atoms with van der Waals surface area (Å²) in [4.78, 5) is 0.222. The average molecular weight is 341 g/mol. The summed E-state index contributed by atoms with van der Waals surface area (Å²) in [7, 11) is -3.77. The summed E-state index contributed by atoms with van der Waals surface area (Å²) in [6.07, 6.45) is 0. The number of nitrogens with two attached hydrogens (primary N) is 1. The Kier molecular flexibility index (Phi) is 4.51. The van der Waals surface area contributed by atoms with E-state index in [0.29, 0.717) is 11.3 Å². The molecule has 0 saturated heterocycles. The molecule has 7 heteroatoms. The van der Waals surface area contributed by atoms with Crippen molar-refractivity contribution in [1.82, 2.24) is 0 Å². The van der Waals surface area contributed by atoms with E-state index >= 15 is 0 Å². The second kappa shape index (κ2) is 6.01. The number of hydrogen-bond donors (Lipinski definition) is 2. The molecule has 0 aliphatic heterocycles. The fraction of sp³-hybridized carbons (Fsp3) is 0.0714. The summed E-state index contributed by atoms with van der Waals surface area (Å²) in [6, 6.07) is 11.3. The Balaban J connectivity index is 2.44. The quantitative estimate of drug-likeness (QED) is 0.839. The Morgan fingerprint density at radius 3 is 2.52 bits per heavy atom. The van der Waals surface area contributed by atoms with Crippen LogP contribution in [0.4, 0.5) is 5.69 Å². The van der Waals surface area contributed by atoms with Crippen molar-refractivity contribution in [2.24, 2.45) is 5.73 Å². The van der Waals surface area contributed by atoms with E-state index in [1.54, 1.807) is 37.3 Å². The van der Waals surface area contributed by atoms with Gasteiger partial charge in [-0.25, -0.2) is 8.42 Å². The van der Waals surface area contributed by atoms with Crippen molar-refractivity contribution >= 4 is 44.5 Å². The highest BCUT2D eigenvalue weighted by Crippen LogP contribution is 2.25. The van der Waals surface area contributed by atoms with Crippen LogP contribution in [0.3, 0.4) is 0 Å². The Hall–Kier alpha value is -1.63. The molecule has 0 radical (unpaired) electrons. The summed E-state index contributed by atoms with van der Waals surface area (Å²) < 4.78 is 27.3. The van der Waals surface area contributed by atoms with Crippen LogP contribution in [0, 0.1) is 6.92 Å². The molecule has 110 valence electrons. The number of aryl methyl sites for hydroxylation is 1. The average Bonchev–Trinajstić information content (AvgIpc) is 2.41. The Bertz CT molecular complexity index is 804. The van der Waals surface area contributed by atoms with Crippen LogP contribution in [0.25, 0.3) is 0 Å². The van der Waals surface area contributed by atoms with Crippen molar-refractivity contribution in [3.05, 3.63) is 58.6 Å². The van der Waals surface area contributed by atoms with E-state index in [2.05, 4.69) is 4.72 Å². The molecule has 2 aromatic carbocycles. The smallest absolute Gasteiger partial charge is 0.263 e. The molecule has 0 saturated carbocycles. The topological polar surface area (TPSA) is 72.2 Å². The summed E-state index contributed by atoms with van der Waals surface area (Å²) in [5.41, 5.74) is 7.33. The monoisotopic (exact) mass is 340 g/mol. The zero-order valence-corrected chi connectivity index (χ0v) is 13.5. The minimum Gasteiger partial charge on any atom is -0.389 e. The lowest BCUT2D eigenvalue weighted by Gasteiger charge is -2.12. The van der Waals surface area contributed by atoms with Gasteiger partial charge in [-0.1, -0.05) is 48.1 Å². The van der Waals surface area contributed by atoms with Crippen molar-refractivity contribution in [3.63, 3.8) is 0 Å². The first-order valence-electron chi connectivity index (χ1n) is 5.99. The number of anilines is 1. The molecule has 0 heterocycles. The fourth-order valence-corrected chi connectivity index (χ4v) is 3.52. The van der Waals surface area contributed by atoms with Crippen LogP contribution in [0.15, 0.2) is 47.4 Å². The molecule has 0 fully saturated rings. The van der Waals surface area contributed by atoms with Gasteiger partial charge in [-0.3, -0.25) is 4.72 Å². The number of benzene rings is 2. The molecule has 0 amide bonds. The van der Waals surface area contributed by atoms with Crippen LogP contribution in [0.1, 0.15) is 11.1 Å². The molecule has 21 heavy (non-hydrogen) atoms. The first-order chi connectivity index (χ1) is 9.81. The van der Waals surface area contributed by atoms with Crippen molar-refractivity contribution in [3.8, 4) is 0 Å². The van der Waals surface area contributed by atoms with Crippen molar-refractivity contribution in [2.75, 3.05) is 4.72 Å². The largest absolute Gasteiger partial charge is 0.389 e. The van der Waals surface area contributed by atoms with E-state index < -0.39 is 10.0 Å². The van der Waals surface area contributed by atoms with Gasteiger partial charge in [0, 0.05) is 5.56 Å². The van der Waals surface area contributed by atoms with Crippen LogP contribution < -0.4 is 10.5 Å². The molecule has 3 N–H and O–H groups in total. The molecular formula is C14H13ClN2O2S2. The Morgan fingerprint density at radius 1 is 1.24 bits per heavy atom. The Morgan fingerprint density at radius 2 is 1.90 bits per heavy atom. The molecule has 0 spiro atoms. The minimum absolute atomic E-state index is 0.0202. The predicted octanol–water partition coefficient (Wildman–Crippen LogP) is 3.08. The highest BCUT2D eigenvalue weighted by Gasteiger charge is 2.18. The molecule has 0 aliphatic carbocycles. The number of halogens is 1. The predicted molar refractivity (Wildman–Crippen MR) is 89.3 cm³/mol. The van der Waals surface area contributed by atoms with Gasteiger partial charge in [-0.2, -0.15) is 0 Å². The summed E-state index contributed by atoms with van der Waals surface area (Å²) in [5, 5.41) is 0.160. The van der Waals surface area contributed by atoms with Gasteiger partial charge in [0.25, 0.3) is 10.0 Å². The molecule has 0 unspecified atom stereocenters. The highest BCUT2D eigenvalue weighted by atomic mass is 35.5. The van der Waals surface area contributed by atoms with Crippen LogP contribution in [-0.4, -0.2) is 13.4 Å². The number of sulfonamides is 1. The Labute approximate surface area is 134 Å². The molecule has 0 aromatic heterocycles. The third kappa shape index (κ3) is 3.53. The molecule has 2 rings (SSSR count). The fourth-order valence-electron chi connectivity index (χ4n) is 1.75. The van der Waals surface area contributed by atoms with E-state index in [9.17, 15) is 8.42 Å². The molecule has 4 nitrogen and oxygen atoms in total. The molecular weight excluding hydrogens is 328 g/mol. The number of thiocarbonyl (C=S) groups is 1. The maximum absolute atomic E-state index is 12.4. The third-order valence-corrected chi connectivity index (χ3v) is 4.99. The van der Waals surface area contributed by atoms with Gasteiger partial charge in [-0.05, 0) is 30.7 Å². The minimum atomic E-state index is -3.77. The van der Waals surface area contributed by atoms with Crippen molar-refractivity contribution in [1.29, 1.82) is 0 Å². The summed E-state index contributed by atoms with van der Waals surface area (Å²) in [5.74, 6) is 0. The van der Waals surface area contributed by atoms with E-state index in [1.807, 2.05) is 0 Å². The first-order valence-corrected chi connectivity index (χ1v) is 8.26. The van der Waals surface area contributed by atoms with Gasteiger partial charge in [0.1, 0.15) is 9.88 Å². The van der Waals surface area contributed by atoms with Crippen LogP contribution in [0.2, 0.25) is 5.02 Å². The van der Waals surface area contributed by atoms with E-state index in [-0.39, 0.29) is 14.9 Å². The van der Waals surface area contributed by atoms with Crippen molar-refractivity contribution in [2.45, 2.75) is 11.8 Å².